The van der Waals surface area contributed by atoms with Crippen molar-refractivity contribution in [2.24, 2.45) is 7.05 Å². The van der Waals surface area contributed by atoms with Crippen molar-refractivity contribution in [1.29, 1.82) is 0 Å². The second kappa shape index (κ2) is 18.6. The highest BCUT2D eigenvalue weighted by Gasteiger charge is 2.23. The summed E-state index contributed by atoms with van der Waals surface area (Å²) in [6.45, 7) is 0.174. The summed E-state index contributed by atoms with van der Waals surface area (Å²) in [6, 6.07) is 12.1. The topological polar surface area (TPSA) is 268 Å². The van der Waals surface area contributed by atoms with E-state index in [0.717, 1.165) is 22.8 Å². The van der Waals surface area contributed by atoms with Crippen molar-refractivity contribution in [2.75, 3.05) is 39.3 Å². The van der Waals surface area contributed by atoms with Gasteiger partial charge in [-0.3, -0.25) is 38.4 Å². The summed E-state index contributed by atoms with van der Waals surface area (Å²) in [7, 11) is 1.41. The van der Waals surface area contributed by atoms with Gasteiger partial charge in [0.15, 0.2) is 5.75 Å². The highest BCUT2D eigenvalue weighted by atomic mass is 16.5. The summed E-state index contributed by atoms with van der Waals surface area (Å²) < 4.78 is 1.72. The first-order chi connectivity index (χ1) is 26.2. The van der Waals surface area contributed by atoms with Crippen molar-refractivity contribution in [3.05, 3.63) is 131 Å². The van der Waals surface area contributed by atoms with Gasteiger partial charge in [-0.1, -0.05) is 18.2 Å². The Morgan fingerprint density at radius 1 is 0.582 bits per heavy atom. The fourth-order valence-corrected chi connectivity index (χ4v) is 5.43. The van der Waals surface area contributed by atoms with E-state index in [9.17, 15) is 59.1 Å². The molecule has 0 radical (unpaired) electrons. The van der Waals surface area contributed by atoms with Crippen molar-refractivity contribution in [1.82, 2.24) is 39.2 Å². The van der Waals surface area contributed by atoms with Gasteiger partial charge in [-0.15, -0.1) is 14.2 Å². The Hall–Kier alpha value is -7.12. The number of aromatic hydroxyl groups is 1. The molecule has 20 heteroatoms. The number of hydrogen-bond acceptors (Lipinski definition) is 12. The highest BCUT2D eigenvalue weighted by molar-refractivity contribution is 5.96. The van der Waals surface area contributed by atoms with Gasteiger partial charge in [0, 0.05) is 70.7 Å². The quantitative estimate of drug-likeness (QED) is 0.0576. The average Bonchev–Trinajstić information content (AvgIpc) is 3.16. The van der Waals surface area contributed by atoms with Crippen molar-refractivity contribution in [3.8, 4) is 5.75 Å². The first kappa shape index (κ1) is 40.6. The van der Waals surface area contributed by atoms with E-state index in [-0.39, 0.29) is 102 Å². The van der Waals surface area contributed by atoms with E-state index in [1.165, 1.54) is 65.5 Å². The maximum atomic E-state index is 13.5. The third kappa shape index (κ3) is 10.1. The van der Waals surface area contributed by atoms with Crippen LogP contribution in [0.4, 0.5) is 0 Å². The number of hydrogen-bond donors (Lipinski definition) is 6. The van der Waals surface area contributed by atoms with Crippen molar-refractivity contribution in [2.45, 2.75) is 25.7 Å². The Bertz CT molecular complexity index is 2290. The zero-order chi connectivity index (χ0) is 40.2. The number of carbonyl (C=O) groups is 4. The van der Waals surface area contributed by atoms with E-state index < -0.39 is 51.6 Å². The highest BCUT2D eigenvalue weighted by Crippen LogP contribution is 2.11. The zero-order valence-corrected chi connectivity index (χ0v) is 29.7. The molecule has 0 aromatic carbocycles. The second-order valence-corrected chi connectivity index (χ2v) is 12.2. The fourth-order valence-electron chi connectivity index (χ4n) is 5.43. The number of aromatic nitrogens is 4. The van der Waals surface area contributed by atoms with Crippen LogP contribution < -0.4 is 32.9 Å². The first-order valence-corrected chi connectivity index (χ1v) is 17.0. The molecule has 0 saturated heterocycles. The Kier molecular flexibility index (Phi) is 13.7. The maximum Gasteiger partial charge on any atom is 0.293 e. The SMILES string of the molecule is Cn1ccc(C(=O)NCCCN(CCCCN(CCCNC(=O)c2cccc(=O)n2O)C(=O)c2cccc(=O)n2O)C(=O)c2cccc(=O)n2O)c(O)c1=O. The monoisotopic (exact) mass is 764 g/mol. The molecule has 55 heavy (non-hydrogen) atoms. The molecule has 4 aromatic rings. The van der Waals surface area contributed by atoms with Gasteiger partial charge >= 0.3 is 0 Å². The van der Waals surface area contributed by atoms with Crippen molar-refractivity contribution >= 4 is 23.6 Å². The van der Waals surface area contributed by atoms with Gasteiger partial charge in [0.2, 0.25) is 0 Å². The average molecular weight is 765 g/mol. The molecule has 0 atom stereocenters. The summed E-state index contributed by atoms with van der Waals surface area (Å²) in [5.74, 6) is -3.60. The molecule has 0 saturated carbocycles. The number of rotatable bonds is 17. The number of aryl methyl sites for hydroxylation is 1. The molecule has 6 N–H and O–H groups in total. The van der Waals surface area contributed by atoms with Gasteiger partial charge in [0.05, 0.1) is 5.56 Å². The molecule has 0 spiro atoms. The maximum absolute atomic E-state index is 13.5. The first-order valence-electron chi connectivity index (χ1n) is 17.0. The lowest BCUT2D eigenvalue weighted by Crippen LogP contribution is -2.39. The molecular weight excluding hydrogens is 724 g/mol. The van der Waals surface area contributed by atoms with Crippen LogP contribution in [-0.4, -0.2) is 112 Å². The summed E-state index contributed by atoms with van der Waals surface area (Å²) in [6.07, 6.45) is 2.22. The number of nitrogens with zero attached hydrogens (tertiary/aromatic N) is 6. The number of nitrogens with one attached hydrogen (secondary N) is 2. The van der Waals surface area contributed by atoms with E-state index in [0.29, 0.717) is 0 Å². The van der Waals surface area contributed by atoms with Gasteiger partial charge in [-0.05, 0) is 49.9 Å². The molecule has 4 aromatic heterocycles. The van der Waals surface area contributed by atoms with E-state index in [4.69, 9.17) is 0 Å². The minimum atomic E-state index is -0.839. The Labute approximate surface area is 311 Å². The van der Waals surface area contributed by atoms with Crippen LogP contribution in [0.15, 0.2) is 86.0 Å². The van der Waals surface area contributed by atoms with Crippen LogP contribution in [0.3, 0.4) is 0 Å². The molecule has 0 aliphatic rings. The Morgan fingerprint density at radius 3 is 1.45 bits per heavy atom. The van der Waals surface area contributed by atoms with Crippen molar-refractivity contribution < 1.29 is 39.9 Å². The van der Waals surface area contributed by atoms with Gasteiger partial charge in [-0.2, -0.15) is 0 Å². The Balaban J connectivity index is 1.41. The second-order valence-electron chi connectivity index (χ2n) is 12.2. The largest absolute Gasteiger partial charge is 0.502 e. The smallest absolute Gasteiger partial charge is 0.293 e. The molecule has 0 aliphatic carbocycles. The van der Waals surface area contributed by atoms with Gasteiger partial charge in [0.25, 0.3) is 45.9 Å². The number of carbonyl (C=O) groups excluding carboxylic acids is 4. The third-order valence-corrected chi connectivity index (χ3v) is 8.41. The van der Waals surface area contributed by atoms with Gasteiger partial charge in [0.1, 0.15) is 17.1 Å². The molecule has 0 fully saturated rings. The summed E-state index contributed by atoms with van der Waals surface area (Å²) >= 11 is 0. The van der Waals surface area contributed by atoms with Crippen LogP contribution in [0, 0.1) is 0 Å². The predicted octanol–water partition coefficient (Wildman–Crippen LogP) is -0.707. The lowest BCUT2D eigenvalue weighted by atomic mass is 10.2. The van der Waals surface area contributed by atoms with Crippen molar-refractivity contribution in [3.63, 3.8) is 0 Å². The van der Waals surface area contributed by atoms with Crippen LogP contribution in [0.25, 0.3) is 0 Å². The fraction of sp³-hybridized carbons (Fsp3) is 0.314. The molecule has 0 bridgehead atoms. The minimum Gasteiger partial charge on any atom is -0.502 e. The van der Waals surface area contributed by atoms with E-state index >= 15 is 0 Å². The lowest BCUT2D eigenvalue weighted by molar-refractivity contribution is 0.0657. The summed E-state index contributed by atoms with van der Waals surface area (Å²) in [4.78, 5) is 103. The molecule has 0 unspecified atom stereocenters. The molecule has 20 nitrogen and oxygen atoms in total. The number of amides is 4. The molecule has 0 aliphatic heterocycles. The molecular formula is C35H40N8O12. The number of pyridine rings is 4. The normalized spacial score (nSPS) is 10.8. The van der Waals surface area contributed by atoms with E-state index in [1.54, 1.807) is 0 Å². The molecule has 4 amide bonds. The molecule has 292 valence electrons. The predicted molar refractivity (Wildman–Crippen MR) is 192 cm³/mol. The van der Waals surface area contributed by atoms with Crippen LogP contribution in [0.2, 0.25) is 0 Å². The molecule has 4 rings (SSSR count). The van der Waals surface area contributed by atoms with Gasteiger partial charge in [-0.25, -0.2) is 0 Å². The van der Waals surface area contributed by atoms with Gasteiger partial charge < -0.3 is 45.7 Å². The summed E-state index contributed by atoms with van der Waals surface area (Å²) in [5.41, 5.74) is -4.41. The Morgan fingerprint density at radius 2 is 0.982 bits per heavy atom. The third-order valence-electron chi connectivity index (χ3n) is 8.41. The lowest BCUT2D eigenvalue weighted by Gasteiger charge is -2.26. The van der Waals surface area contributed by atoms with Crippen LogP contribution >= 0.6 is 0 Å². The minimum absolute atomic E-state index is 0.00567. The number of unbranched alkanes of at least 4 members (excludes halogenated alkanes) is 1. The summed E-state index contributed by atoms with van der Waals surface area (Å²) in [5, 5.41) is 45.5. The van der Waals surface area contributed by atoms with Crippen LogP contribution in [0.5, 0.6) is 5.75 Å². The zero-order valence-electron chi connectivity index (χ0n) is 29.7. The standard InChI is InChI=1S/C35H40N8O12/c1-38-22-15-23(30(47)35(38)52)31(48)36-16-7-20-39(33(50)25-10-5-13-28(45)42(25)54)18-2-3-19-40(34(51)26-11-6-14-29(46)43(26)55)21-8-17-37-32(49)24-9-4-12-27(44)41(24)53/h4-6,9-15,22,47,53-55H,2-3,7-8,16-21H2,1H3,(H,36,48)(H,37,49). The van der Waals surface area contributed by atoms with E-state index in [2.05, 4.69) is 10.6 Å². The van der Waals surface area contributed by atoms with E-state index in [1.807, 2.05) is 0 Å². The molecule has 4 heterocycles. The van der Waals surface area contributed by atoms with Crippen LogP contribution in [-0.2, 0) is 7.05 Å². The van der Waals surface area contributed by atoms with Crippen LogP contribution in [0.1, 0.15) is 67.5 Å².